The Bertz CT molecular complexity index is 1410. The van der Waals surface area contributed by atoms with E-state index < -0.39 is 53.6 Å². The topological polar surface area (TPSA) is 177 Å². The summed E-state index contributed by atoms with van der Waals surface area (Å²) in [6.07, 6.45) is 4.29. The minimum atomic E-state index is -1.01. The molecular weight excluding hydrogens is 626 g/mol. The quantitative estimate of drug-likeness (QED) is 0.122. The molecule has 0 saturated heterocycles. The second-order valence-corrected chi connectivity index (χ2v) is 12.4. The van der Waals surface area contributed by atoms with Gasteiger partial charge in [0.2, 0.25) is 23.6 Å². The van der Waals surface area contributed by atoms with Crippen LogP contribution in [0, 0.1) is 11.8 Å². The van der Waals surface area contributed by atoms with Gasteiger partial charge in [-0.15, -0.1) is 0 Å². The van der Waals surface area contributed by atoms with E-state index in [0.717, 1.165) is 11.1 Å². The number of methoxy groups -OCH3 is 1. The van der Waals surface area contributed by atoms with Crippen molar-refractivity contribution >= 4 is 35.4 Å². The van der Waals surface area contributed by atoms with Crippen LogP contribution in [0.1, 0.15) is 51.2 Å². The molecule has 12 nitrogen and oxygen atoms in total. The third-order valence-corrected chi connectivity index (χ3v) is 8.08. The van der Waals surface area contributed by atoms with Crippen LogP contribution in [0.3, 0.4) is 0 Å². The van der Waals surface area contributed by atoms with E-state index in [9.17, 15) is 28.8 Å². The molecule has 0 spiro atoms. The zero-order valence-corrected chi connectivity index (χ0v) is 29.1. The summed E-state index contributed by atoms with van der Waals surface area (Å²) in [5, 5.41) is 8.18. The number of ketones is 1. The maximum atomic E-state index is 13.7. The highest BCUT2D eigenvalue weighted by Gasteiger charge is 2.32. The van der Waals surface area contributed by atoms with Crippen LogP contribution in [0.15, 0.2) is 72.8 Å². The molecule has 0 aliphatic carbocycles. The van der Waals surface area contributed by atoms with Crippen LogP contribution >= 0.6 is 0 Å². The Morgan fingerprint density at radius 3 is 2.06 bits per heavy atom. The number of nitrogens with two attached hydrogens (primary N) is 1. The second-order valence-electron chi connectivity index (χ2n) is 12.4. The van der Waals surface area contributed by atoms with Crippen molar-refractivity contribution in [2.75, 3.05) is 27.2 Å². The van der Waals surface area contributed by atoms with Gasteiger partial charge in [-0.3, -0.25) is 28.8 Å². The van der Waals surface area contributed by atoms with E-state index >= 15 is 0 Å². The molecule has 0 radical (unpaired) electrons. The summed E-state index contributed by atoms with van der Waals surface area (Å²) >= 11 is 0. The molecule has 0 fully saturated rings. The Kier molecular flexibility index (Phi) is 17.4. The van der Waals surface area contributed by atoms with Crippen molar-refractivity contribution in [3.8, 4) is 0 Å². The maximum absolute atomic E-state index is 13.7. The first-order chi connectivity index (χ1) is 23.3. The number of hydrogen-bond donors (Lipinski definition) is 4. The number of rotatable bonds is 20. The van der Waals surface area contributed by atoms with Gasteiger partial charge in [-0.25, -0.2) is 0 Å². The Balaban J connectivity index is 2.03. The van der Waals surface area contributed by atoms with Gasteiger partial charge in [-0.05, 0) is 36.8 Å². The van der Waals surface area contributed by atoms with Crippen molar-refractivity contribution in [2.24, 2.45) is 17.6 Å². The largest absolute Gasteiger partial charge is 0.469 e. The molecule has 0 bridgehead atoms. The number of aryl methyl sites for hydroxylation is 1. The van der Waals surface area contributed by atoms with Crippen molar-refractivity contribution < 1.29 is 33.5 Å². The first kappa shape index (κ1) is 40.3. The molecule has 49 heavy (non-hydrogen) atoms. The number of amides is 4. The highest BCUT2D eigenvalue weighted by atomic mass is 16.5. The predicted octanol–water partition coefficient (Wildman–Crippen LogP) is 2.10. The van der Waals surface area contributed by atoms with Gasteiger partial charge in [-0.2, -0.15) is 0 Å². The van der Waals surface area contributed by atoms with Gasteiger partial charge in [0.25, 0.3) is 0 Å². The van der Waals surface area contributed by atoms with Gasteiger partial charge in [0, 0.05) is 32.4 Å². The van der Waals surface area contributed by atoms with E-state index in [1.165, 1.54) is 19.1 Å². The number of ether oxygens (including phenoxy) is 1. The lowest BCUT2D eigenvalue weighted by Gasteiger charge is -2.28. The van der Waals surface area contributed by atoms with Gasteiger partial charge in [0.05, 0.1) is 32.2 Å². The molecule has 0 aromatic heterocycles. The average molecular weight is 678 g/mol. The first-order valence-corrected chi connectivity index (χ1v) is 16.5. The molecule has 5 N–H and O–H groups in total. The number of benzene rings is 2. The molecule has 4 unspecified atom stereocenters. The fourth-order valence-corrected chi connectivity index (χ4v) is 4.99. The van der Waals surface area contributed by atoms with Crippen molar-refractivity contribution in [3.05, 3.63) is 83.9 Å². The van der Waals surface area contributed by atoms with E-state index in [1.54, 1.807) is 19.1 Å². The van der Waals surface area contributed by atoms with Gasteiger partial charge in [-0.1, -0.05) is 86.7 Å². The Morgan fingerprint density at radius 1 is 0.857 bits per heavy atom. The van der Waals surface area contributed by atoms with Crippen LogP contribution < -0.4 is 21.7 Å². The molecule has 0 heterocycles. The Hall–Kier alpha value is -4.84. The van der Waals surface area contributed by atoms with Crippen molar-refractivity contribution in [2.45, 2.75) is 71.0 Å². The third-order valence-electron chi connectivity index (χ3n) is 8.08. The number of likely N-dealkylation sites (N-methyl/N-ethyl adjacent to an activating group) is 1. The number of hydrogen-bond acceptors (Lipinski definition) is 8. The average Bonchev–Trinajstić information content (AvgIpc) is 3.08. The molecule has 4 amide bonds. The zero-order valence-electron chi connectivity index (χ0n) is 29.1. The molecule has 0 aliphatic heterocycles. The van der Waals surface area contributed by atoms with Crippen LogP contribution in [0.4, 0.5) is 0 Å². The molecule has 266 valence electrons. The molecule has 2 aromatic carbocycles. The normalized spacial score (nSPS) is 13.5. The summed E-state index contributed by atoms with van der Waals surface area (Å²) in [5.74, 6) is -3.61. The minimum Gasteiger partial charge on any atom is -0.469 e. The monoisotopic (exact) mass is 677 g/mol. The molecular formula is C37H51N5O7. The van der Waals surface area contributed by atoms with Crippen LogP contribution in [0.2, 0.25) is 0 Å². The third kappa shape index (κ3) is 14.9. The molecule has 0 aliphatic rings. The lowest BCUT2D eigenvalue weighted by molar-refractivity contribution is -0.139. The lowest BCUT2D eigenvalue weighted by atomic mass is 9.87. The summed E-state index contributed by atoms with van der Waals surface area (Å²) in [4.78, 5) is 78.2. The summed E-state index contributed by atoms with van der Waals surface area (Å²) in [6, 6.07) is 16.1. The van der Waals surface area contributed by atoms with Gasteiger partial charge in [0.15, 0.2) is 5.78 Å². The van der Waals surface area contributed by atoms with Gasteiger partial charge in [0.1, 0.15) is 6.04 Å². The van der Waals surface area contributed by atoms with E-state index in [-0.39, 0.29) is 44.1 Å². The smallest absolute Gasteiger partial charge is 0.309 e. The van der Waals surface area contributed by atoms with Crippen molar-refractivity contribution in [3.63, 3.8) is 0 Å². The predicted molar refractivity (Wildman–Crippen MR) is 187 cm³/mol. The van der Waals surface area contributed by atoms with E-state index in [2.05, 4.69) is 20.7 Å². The van der Waals surface area contributed by atoms with Crippen molar-refractivity contribution in [1.82, 2.24) is 20.9 Å². The highest BCUT2D eigenvalue weighted by Crippen LogP contribution is 2.18. The SMILES string of the molecule is COC(=O)C/C=C/CNC(=O)CN(C)C(=O)C(Cc1ccccc1)NC(=O)C(CC(=O)C(C)NC(=O)C(N)CCc1ccccc1)C(C)C. The summed E-state index contributed by atoms with van der Waals surface area (Å²) < 4.78 is 4.56. The van der Waals surface area contributed by atoms with Crippen LogP contribution in [-0.2, 0) is 46.3 Å². The van der Waals surface area contributed by atoms with Gasteiger partial charge >= 0.3 is 5.97 Å². The van der Waals surface area contributed by atoms with E-state index in [0.29, 0.717) is 12.8 Å². The standard InChI is InChI=1S/C37H51N5O7/c1-25(2)29(23-32(43)26(3)40-36(47)30(38)20-19-27-14-8-6-9-15-27)35(46)41-31(22-28-16-10-7-11-17-28)37(48)42(4)24-33(44)39-21-13-12-18-34(45)49-5/h6-17,25-26,29-31H,18-24,38H2,1-5H3,(H,39,44)(H,40,47)(H,41,46)/b13-12+. The Labute approximate surface area is 289 Å². The van der Waals surface area contributed by atoms with Crippen LogP contribution in [0.5, 0.6) is 0 Å². The number of nitrogens with one attached hydrogen (secondary N) is 3. The highest BCUT2D eigenvalue weighted by molar-refractivity contribution is 5.95. The number of carbonyl (C=O) groups excluding carboxylic acids is 6. The Morgan fingerprint density at radius 2 is 1.47 bits per heavy atom. The number of Topliss-reactive ketones (excluding diaryl/α,β-unsaturated/α-hetero) is 1. The van der Waals surface area contributed by atoms with Crippen LogP contribution in [0.25, 0.3) is 0 Å². The first-order valence-electron chi connectivity index (χ1n) is 16.5. The molecule has 0 saturated carbocycles. The van der Waals surface area contributed by atoms with Crippen molar-refractivity contribution in [1.29, 1.82) is 0 Å². The van der Waals surface area contributed by atoms with E-state index in [1.807, 2.05) is 74.5 Å². The molecule has 4 atom stereocenters. The fourth-order valence-electron chi connectivity index (χ4n) is 4.99. The number of esters is 1. The zero-order chi connectivity index (χ0) is 36.3. The summed E-state index contributed by atoms with van der Waals surface area (Å²) in [6.45, 7) is 5.08. The summed E-state index contributed by atoms with van der Waals surface area (Å²) in [5.41, 5.74) is 7.95. The fraction of sp³-hybridized carbons (Fsp3) is 0.459. The lowest BCUT2D eigenvalue weighted by Crippen LogP contribution is -2.53. The number of nitrogens with zero attached hydrogens (tertiary/aromatic N) is 1. The second kappa shape index (κ2) is 21.2. The molecule has 12 heteroatoms. The molecule has 2 rings (SSSR count). The summed E-state index contributed by atoms with van der Waals surface area (Å²) in [7, 11) is 2.76. The minimum absolute atomic E-state index is 0.0749. The maximum Gasteiger partial charge on any atom is 0.309 e. The van der Waals surface area contributed by atoms with Crippen LogP contribution in [-0.4, -0.2) is 85.7 Å². The molecule has 2 aromatic rings. The van der Waals surface area contributed by atoms with Gasteiger partial charge < -0.3 is 31.3 Å². The van der Waals surface area contributed by atoms with E-state index in [4.69, 9.17) is 5.73 Å². The number of carbonyl (C=O) groups is 6.